The molecule has 33 heavy (non-hydrogen) atoms. The van der Waals surface area contributed by atoms with E-state index in [0.29, 0.717) is 18.7 Å². The van der Waals surface area contributed by atoms with Gasteiger partial charge in [0.15, 0.2) is 0 Å². The van der Waals surface area contributed by atoms with Crippen LogP contribution in [0.25, 0.3) is 11.1 Å². The van der Waals surface area contributed by atoms with E-state index in [4.69, 9.17) is 9.84 Å². The molecular formula is C26H24N2O5. The molecule has 4 rings (SSSR count). The van der Waals surface area contributed by atoms with Gasteiger partial charge in [0.1, 0.15) is 6.61 Å². The number of fused-ring (bicyclic) bond motifs is 3. The molecule has 2 amide bonds. The van der Waals surface area contributed by atoms with Gasteiger partial charge in [-0.1, -0.05) is 54.6 Å². The summed E-state index contributed by atoms with van der Waals surface area (Å²) in [5.41, 5.74) is 5.16. The van der Waals surface area contributed by atoms with Gasteiger partial charge >= 0.3 is 12.1 Å². The Morgan fingerprint density at radius 3 is 2.21 bits per heavy atom. The quantitative estimate of drug-likeness (QED) is 0.439. The van der Waals surface area contributed by atoms with E-state index in [2.05, 4.69) is 34.9 Å². The summed E-state index contributed by atoms with van der Waals surface area (Å²) in [4.78, 5) is 35.2. The summed E-state index contributed by atoms with van der Waals surface area (Å²) in [5.74, 6) is -1.32. The number of anilines is 1. The summed E-state index contributed by atoms with van der Waals surface area (Å²) in [7, 11) is 0. The van der Waals surface area contributed by atoms with Crippen LogP contribution in [-0.2, 0) is 9.53 Å². The van der Waals surface area contributed by atoms with Gasteiger partial charge in [0, 0.05) is 24.6 Å². The molecule has 168 valence electrons. The second-order valence-electron chi connectivity index (χ2n) is 7.79. The van der Waals surface area contributed by atoms with Crippen LogP contribution in [0.3, 0.4) is 0 Å². The van der Waals surface area contributed by atoms with Gasteiger partial charge in [0.25, 0.3) is 0 Å². The van der Waals surface area contributed by atoms with Crippen LogP contribution in [-0.4, -0.2) is 36.2 Å². The van der Waals surface area contributed by atoms with Gasteiger partial charge in [0.2, 0.25) is 5.91 Å². The van der Waals surface area contributed by atoms with E-state index in [1.165, 1.54) is 23.3 Å². The first-order chi connectivity index (χ1) is 16.0. The normalized spacial score (nSPS) is 11.9. The number of hydrogen-bond donors (Lipinski definition) is 3. The number of aromatic carboxylic acids is 1. The van der Waals surface area contributed by atoms with E-state index in [1.807, 2.05) is 24.3 Å². The maximum absolute atomic E-state index is 12.2. The topological polar surface area (TPSA) is 105 Å². The Morgan fingerprint density at radius 2 is 1.55 bits per heavy atom. The number of carboxylic acids is 1. The van der Waals surface area contributed by atoms with Crippen molar-refractivity contribution in [3.63, 3.8) is 0 Å². The van der Waals surface area contributed by atoms with Gasteiger partial charge in [-0.2, -0.15) is 0 Å². The fourth-order valence-electron chi connectivity index (χ4n) is 4.04. The Labute approximate surface area is 191 Å². The second kappa shape index (κ2) is 9.99. The smallest absolute Gasteiger partial charge is 0.407 e. The van der Waals surface area contributed by atoms with Crippen LogP contribution >= 0.6 is 0 Å². The predicted octanol–water partition coefficient (Wildman–Crippen LogP) is 4.64. The zero-order chi connectivity index (χ0) is 23.2. The van der Waals surface area contributed by atoms with E-state index < -0.39 is 12.1 Å². The summed E-state index contributed by atoms with van der Waals surface area (Å²) in [6.45, 7) is 0.527. The lowest BCUT2D eigenvalue weighted by Crippen LogP contribution is -2.27. The first-order valence-electron chi connectivity index (χ1n) is 10.7. The Balaban J connectivity index is 1.21. The summed E-state index contributed by atoms with van der Waals surface area (Å²) in [6, 6.07) is 22.3. The lowest BCUT2D eigenvalue weighted by Gasteiger charge is -2.14. The van der Waals surface area contributed by atoms with Crippen molar-refractivity contribution < 1.29 is 24.2 Å². The molecule has 0 bridgehead atoms. The number of ether oxygens (including phenoxy) is 1. The molecule has 0 saturated heterocycles. The highest BCUT2D eigenvalue weighted by atomic mass is 16.5. The number of rotatable bonds is 8. The average molecular weight is 444 g/mol. The Bertz CT molecular complexity index is 1150. The van der Waals surface area contributed by atoms with E-state index >= 15 is 0 Å². The highest BCUT2D eigenvalue weighted by Gasteiger charge is 2.28. The highest BCUT2D eigenvalue weighted by Crippen LogP contribution is 2.44. The Hall–Kier alpha value is -4.13. The number of amides is 2. The van der Waals surface area contributed by atoms with Crippen molar-refractivity contribution in [2.24, 2.45) is 0 Å². The molecule has 7 heteroatoms. The third-order valence-corrected chi connectivity index (χ3v) is 5.59. The third-order valence-electron chi connectivity index (χ3n) is 5.59. The molecule has 0 aliphatic heterocycles. The molecule has 1 aliphatic carbocycles. The first-order valence-corrected chi connectivity index (χ1v) is 10.7. The average Bonchev–Trinajstić information content (AvgIpc) is 3.14. The lowest BCUT2D eigenvalue weighted by molar-refractivity contribution is -0.116. The number of carbonyl (C=O) groups is 3. The molecule has 0 saturated carbocycles. The third kappa shape index (κ3) is 5.20. The van der Waals surface area contributed by atoms with Crippen LogP contribution in [0.5, 0.6) is 0 Å². The van der Waals surface area contributed by atoms with E-state index in [-0.39, 0.29) is 30.4 Å². The number of carboxylic acid groups (broad SMARTS) is 1. The summed E-state index contributed by atoms with van der Waals surface area (Å²) < 4.78 is 5.47. The molecule has 0 unspecified atom stereocenters. The molecular weight excluding hydrogens is 420 g/mol. The first kappa shape index (κ1) is 22.1. The zero-order valence-electron chi connectivity index (χ0n) is 17.9. The molecule has 7 nitrogen and oxygen atoms in total. The van der Waals surface area contributed by atoms with Crippen molar-refractivity contribution in [1.29, 1.82) is 0 Å². The highest BCUT2D eigenvalue weighted by molar-refractivity contribution is 5.93. The zero-order valence-corrected chi connectivity index (χ0v) is 17.9. The summed E-state index contributed by atoms with van der Waals surface area (Å²) >= 11 is 0. The maximum Gasteiger partial charge on any atom is 0.407 e. The molecule has 1 aliphatic rings. The van der Waals surface area contributed by atoms with Crippen molar-refractivity contribution in [2.75, 3.05) is 18.5 Å². The molecule has 0 atom stereocenters. The van der Waals surface area contributed by atoms with Crippen molar-refractivity contribution in [3.05, 3.63) is 89.5 Å². The van der Waals surface area contributed by atoms with Crippen LogP contribution in [0, 0.1) is 0 Å². The second-order valence-corrected chi connectivity index (χ2v) is 7.79. The van der Waals surface area contributed by atoms with Crippen LogP contribution in [0.4, 0.5) is 10.5 Å². The maximum atomic E-state index is 12.2. The molecule has 0 radical (unpaired) electrons. The van der Waals surface area contributed by atoms with Crippen LogP contribution in [0.1, 0.15) is 40.2 Å². The summed E-state index contributed by atoms with van der Waals surface area (Å²) in [5, 5.41) is 14.4. The Kier molecular flexibility index (Phi) is 6.69. The number of nitrogens with one attached hydrogen (secondary N) is 2. The Morgan fingerprint density at radius 1 is 0.879 bits per heavy atom. The standard InChI is InChI=1S/C26H24N2O5/c29-24(28-18-8-5-7-17(15-18)25(30)31)13-6-14-27-26(32)33-16-23-21-11-3-1-9-19(21)20-10-2-4-12-22(20)23/h1-5,7-12,15,23H,6,13-14,16H2,(H,27,32)(H,28,29)(H,30,31). The number of hydrogen-bond acceptors (Lipinski definition) is 4. The predicted molar refractivity (Wildman–Crippen MR) is 124 cm³/mol. The molecule has 0 aromatic heterocycles. The molecule has 0 spiro atoms. The SMILES string of the molecule is O=C(CCCNC(=O)OCC1c2ccccc2-c2ccccc21)Nc1cccc(C(=O)O)c1. The minimum Gasteiger partial charge on any atom is -0.478 e. The van der Waals surface area contributed by atoms with Crippen LogP contribution in [0.15, 0.2) is 72.8 Å². The minimum atomic E-state index is -1.06. The van der Waals surface area contributed by atoms with Gasteiger partial charge in [-0.25, -0.2) is 9.59 Å². The molecule has 3 N–H and O–H groups in total. The number of benzene rings is 3. The van der Waals surface area contributed by atoms with Gasteiger partial charge < -0.3 is 20.5 Å². The molecule has 3 aromatic rings. The van der Waals surface area contributed by atoms with Crippen molar-refractivity contribution in [3.8, 4) is 11.1 Å². The van der Waals surface area contributed by atoms with E-state index in [9.17, 15) is 14.4 Å². The monoisotopic (exact) mass is 444 g/mol. The summed E-state index contributed by atoms with van der Waals surface area (Å²) in [6.07, 6.45) is 0.0849. The van der Waals surface area contributed by atoms with Crippen molar-refractivity contribution in [1.82, 2.24) is 5.32 Å². The minimum absolute atomic E-state index is 0.00417. The van der Waals surface area contributed by atoms with E-state index in [1.54, 1.807) is 12.1 Å². The molecule has 0 heterocycles. The van der Waals surface area contributed by atoms with Gasteiger partial charge in [0.05, 0.1) is 5.56 Å². The fourth-order valence-corrected chi connectivity index (χ4v) is 4.04. The molecule has 3 aromatic carbocycles. The fraction of sp³-hybridized carbons (Fsp3) is 0.192. The van der Waals surface area contributed by atoms with Gasteiger partial charge in [-0.3, -0.25) is 4.79 Å². The number of alkyl carbamates (subject to hydrolysis) is 1. The molecule has 0 fully saturated rings. The van der Waals surface area contributed by atoms with Crippen molar-refractivity contribution in [2.45, 2.75) is 18.8 Å². The van der Waals surface area contributed by atoms with Gasteiger partial charge in [-0.15, -0.1) is 0 Å². The lowest BCUT2D eigenvalue weighted by atomic mass is 9.98. The largest absolute Gasteiger partial charge is 0.478 e. The van der Waals surface area contributed by atoms with Crippen LogP contribution in [0.2, 0.25) is 0 Å². The van der Waals surface area contributed by atoms with Gasteiger partial charge in [-0.05, 0) is 46.9 Å². The van der Waals surface area contributed by atoms with E-state index in [0.717, 1.165) is 11.1 Å². The number of carbonyl (C=O) groups excluding carboxylic acids is 2. The van der Waals surface area contributed by atoms with Crippen molar-refractivity contribution >= 4 is 23.7 Å². The van der Waals surface area contributed by atoms with Crippen LogP contribution < -0.4 is 10.6 Å².